The van der Waals surface area contributed by atoms with E-state index < -0.39 is 0 Å². The fraction of sp³-hybridized carbons (Fsp3) is 0.588. The van der Waals surface area contributed by atoms with Gasteiger partial charge in [-0.1, -0.05) is 30.7 Å². The van der Waals surface area contributed by atoms with Crippen molar-refractivity contribution in [3.05, 3.63) is 35.1 Å². The first kappa shape index (κ1) is 14.9. The largest absolute Gasteiger partial charge is 0.365 e. The lowest BCUT2D eigenvalue weighted by atomic mass is 9.89. The van der Waals surface area contributed by atoms with Gasteiger partial charge >= 0.3 is 0 Å². The maximum atomic E-state index is 13.1. The van der Waals surface area contributed by atoms with E-state index in [9.17, 15) is 4.39 Å². The zero-order chi connectivity index (χ0) is 14.7. The second-order valence-electron chi connectivity index (χ2n) is 6.36. The number of aryl methyl sites for hydroxylation is 1. The summed E-state index contributed by atoms with van der Waals surface area (Å²) >= 11 is 1.88. The maximum absolute atomic E-state index is 13.1. The van der Waals surface area contributed by atoms with Crippen LogP contribution in [0.2, 0.25) is 0 Å². The zero-order valence-electron chi connectivity index (χ0n) is 12.6. The lowest BCUT2D eigenvalue weighted by Crippen LogP contribution is -2.34. The molecule has 1 aliphatic carbocycles. The highest BCUT2D eigenvalue weighted by atomic mass is 32.2. The molecule has 0 unspecified atom stereocenters. The fourth-order valence-electron chi connectivity index (χ4n) is 3.33. The molecule has 1 spiro atoms. The summed E-state index contributed by atoms with van der Waals surface area (Å²) in [6, 6.07) is 5.03. The second-order valence-corrected chi connectivity index (χ2v) is 7.33. The van der Waals surface area contributed by atoms with Crippen LogP contribution in [0.15, 0.2) is 23.2 Å². The summed E-state index contributed by atoms with van der Waals surface area (Å²) in [5.74, 6) is 1.06. The number of hydrogen-bond donors (Lipinski definition) is 1. The van der Waals surface area contributed by atoms with Crippen molar-refractivity contribution in [2.45, 2.75) is 39.0 Å². The number of aliphatic imine (C=N–C) groups is 1. The topological polar surface area (TPSA) is 24.4 Å². The summed E-state index contributed by atoms with van der Waals surface area (Å²) in [5, 5.41) is 4.53. The van der Waals surface area contributed by atoms with Gasteiger partial charge in [-0.25, -0.2) is 4.39 Å². The molecule has 21 heavy (non-hydrogen) atoms. The van der Waals surface area contributed by atoms with E-state index in [1.165, 1.54) is 37.0 Å². The van der Waals surface area contributed by atoms with Gasteiger partial charge in [0.2, 0.25) is 0 Å². The average molecular weight is 306 g/mol. The van der Waals surface area contributed by atoms with Gasteiger partial charge in [0, 0.05) is 18.8 Å². The molecule has 1 heterocycles. The third-order valence-electron chi connectivity index (χ3n) is 4.71. The van der Waals surface area contributed by atoms with E-state index in [1.54, 1.807) is 12.1 Å². The SMILES string of the molecule is Cc1cc(F)ccc1CCNC1=NCC2(CCCC2)CS1. The van der Waals surface area contributed by atoms with E-state index in [2.05, 4.69) is 5.32 Å². The van der Waals surface area contributed by atoms with E-state index in [-0.39, 0.29) is 5.82 Å². The smallest absolute Gasteiger partial charge is 0.156 e. The van der Waals surface area contributed by atoms with Gasteiger partial charge in [-0.15, -0.1) is 0 Å². The number of hydrogen-bond acceptors (Lipinski definition) is 3. The van der Waals surface area contributed by atoms with Crippen molar-refractivity contribution < 1.29 is 4.39 Å². The summed E-state index contributed by atoms with van der Waals surface area (Å²) in [6.07, 6.45) is 6.37. The summed E-state index contributed by atoms with van der Waals surface area (Å²) in [4.78, 5) is 4.74. The summed E-state index contributed by atoms with van der Waals surface area (Å²) in [5.41, 5.74) is 2.74. The number of amidine groups is 1. The Hall–Kier alpha value is -1.03. The second kappa shape index (κ2) is 6.39. The molecule has 0 amide bonds. The number of halogens is 1. The molecule has 0 saturated heterocycles. The molecule has 1 aliphatic heterocycles. The number of nitrogens with one attached hydrogen (secondary N) is 1. The maximum Gasteiger partial charge on any atom is 0.156 e. The number of nitrogens with zero attached hydrogens (tertiary/aromatic N) is 1. The minimum Gasteiger partial charge on any atom is -0.365 e. The van der Waals surface area contributed by atoms with E-state index in [1.807, 2.05) is 24.8 Å². The molecular weight excluding hydrogens is 283 g/mol. The molecule has 0 atom stereocenters. The van der Waals surface area contributed by atoms with Crippen LogP contribution in [0, 0.1) is 18.2 Å². The monoisotopic (exact) mass is 306 g/mol. The van der Waals surface area contributed by atoms with Crippen molar-refractivity contribution in [1.29, 1.82) is 0 Å². The summed E-state index contributed by atoms with van der Waals surface area (Å²) < 4.78 is 13.1. The van der Waals surface area contributed by atoms with Crippen LogP contribution in [0.25, 0.3) is 0 Å². The highest BCUT2D eigenvalue weighted by Gasteiger charge is 2.36. The first-order valence-corrected chi connectivity index (χ1v) is 8.82. The van der Waals surface area contributed by atoms with Crippen molar-refractivity contribution in [2.75, 3.05) is 18.8 Å². The number of rotatable bonds is 3. The molecule has 0 bridgehead atoms. The minimum atomic E-state index is -0.154. The van der Waals surface area contributed by atoms with E-state index in [0.29, 0.717) is 5.41 Å². The Morgan fingerprint density at radius 3 is 2.81 bits per heavy atom. The summed E-state index contributed by atoms with van der Waals surface area (Å²) in [7, 11) is 0. The quantitative estimate of drug-likeness (QED) is 0.915. The van der Waals surface area contributed by atoms with Crippen LogP contribution in [0.1, 0.15) is 36.8 Å². The molecule has 4 heteroatoms. The molecule has 3 rings (SSSR count). The first-order valence-electron chi connectivity index (χ1n) is 7.83. The van der Waals surface area contributed by atoms with Crippen molar-refractivity contribution >= 4 is 16.9 Å². The fourth-order valence-corrected chi connectivity index (χ4v) is 4.51. The molecule has 114 valence electrons. The molecule has 2 nitrogen and oxygen atoms in total. The molecule has 1 N–H and O–H groups in total. The van der Waals surface area contributed by atoms with Crippen molar-refractivity contribution in [2.24, 2.45) is 10.4 Å². The zero-order valence-corrected chi connectivity index (χ0v) is 13.4. The summed E-state index contributed by atoms with van der Waals surface area (Å²) in [6.45, 7) is 3.83. The van der Waals surface area contributed by atoms with Gasteiger partial charge in [-0.05, 0) is 54.9 Å². The highest BCUT2D eigenvalue weighted by molar-refractivity contribution is 8.13. The molecule has 2 aliphatic rings. The number of thioether (sulfide) groups is 1. The third-order valence-corrected chi connectivity index (χ3v) is 6.02. The van der Waals surface area contributed by atoms with E-state index in [0.717, 1.165) is 30.2 Å². The third kappa shape index (κ3) is 3.60. The predicted octanol–water partition coefficient (Wildman–Crippen LogP) is 3.93. The van der Waals surface area contributed by atoms with Crippen molar-refractivity contribution in [3.8, 4) is 0 Å². The van der Waals surface area contributed by atoms with Crippen LogP contribution >= 0.6 is 11.8 Å². The predicted molar refractivity (Wildman–Crippen MR) is 88.5 cm³/mol. The van der Waals surface area contributed by atoms with Crippen LogP contribution in [0.4, 0.5) is 4.39 Å². The van der Waals surface area contributed by atoms with Gasteiger partial charge in [0.15, 0.2) is 5.17 Å². The van der Waals surface area contributed by atoms with E-state index in [4.69, 9.17) is 4.99 Å². The molecule has 1 aromatic rings. The normalized spacial score (nSPS) is 20.6. The Morgan fingerprint density at radius 1 is 1.33 bits per heavy atom. The average Bonchev–Trinajstić information content (AvgIpc) is 2.92. The van der Waals surface area contributed by atoms with E-state index >= 15 is 0 Å². The van der Waals surface area contributed by atoms with Crippen LogP contribution in [-0.2, 0) is 6.42 Å². The lowest BCUT2D eigenvalue weighted by Gasteiger charge is -2.31. The van der Waals surface area contributed by atoms with Gasteiger partial charge in [0.25, 0.3) is 0 Å². The van der Waals surface area contributed by atoms with Crippen LogP contribution in [0.3, 0.4) is 0 Å². The van der Waals surface area contributed by atoms with Gasteiger partial charge in [-0.3, -0.25) is 4.99 Å². The standard InChI is InChI=1S/C17H23FN2S/c1-13-10-15(18)5-4-14(13)6-9-19-16-20-11-17(12-21-16)7-2-3-8-17/h4-5,10H,2-3,6-9,11-12H2,1H3,(H,19,20). The molecule has 0 aromatic heterocycles. The Labute approximate surface area is 130 Å². The van der Waals surface area contributed by atoms with Gasteiger partial charge < -0.3 is 5.32 Å². The molecule has 0 radical (unpaired) electrons. The Bertz CT molecular complexity index is 536. The van der Waals surface area contributed by atoms with Gasteiger partial charge in [0.05, 0.1) is 0 Å². The Balaban J connectivity index is 1.49. The highest BCUT2D eigenvalue weighted by Crippen LogP contribution is 2.43. The van der Waals surface area contributed by atoms with Crippen LogP contribution < -0.4 is 5.32 Å². The molecule has 1 saturated carbocycles. The molecule has 1 aromatic carbocycles. The molecule has 1 fully saturated rings. The van der Waals surface area contributed by atoms with Gasteiger partial charge in [0.1, 0.15) is 5.82 Å². The Morgan fingerprint density at radius 2 is 2.14 bits per heavy atom. The number of benzene rings is 1. The van der Waals surface area contributed by atoms with Crippen molar-refractivity contribution in [1.82, 2.24) is 5.32 Å². The van der Waals surface area contributed by atoms with Crippen LogP contribution in [0.5, 0.6) is 0 Å². The Kier molecular flexibility index (Phi) is 4.53. The van der Waals surface area contributed by atoms with Gasteiger partial charge in [-0.2, -0.15) is 0 Å². The van der Waals surface area contributed by atoms with Crippen LogP contribution in [-0.4, -0.2) is 24.0 Å². The first-order chi connectivity index (χ1) is 10.2. The minimum absolute atomic E-state index is 0.154. The molecular formula is C17H23FN2S. The van der Waals surface area contributed by atoms with Crippen molar-refractivity contribution in [3.63, 3.8) is 0 Å². The lowest BCUT2D eigenvalue weighted by molar-refractivity contribution is 0.358.